The third-order valence-electron chi connectivity index (χ3n) is 6.86. The van der Waals surface area contributed by atoms with E-state index in [0.29, 0.717) is 34.7 Å². The maximum Gasteiger partial charge on any atom is 0.256 e. The van der Waals surface area contributed by atoms with E-state index in [0.717, 1.165) is 44.2 Å². The van der Waals surface area contributed by atoms with Crippen LogP contribution in [0.4, 0.5) is 5.69 Å². The fourth-order valence-corrected chi connectivity index (χ4v) is 6.41. The second-order valence-electron chi connectivity index (χ2n) is 10.5. The number of sulfone groups is 1. The van der Waals surface area contributed by atoms with E-state index in [1.54, 1.807) is 18.2 Å². The molecule has 10 heteroatoms. The number of piperazine rings is 1. The van der Waals surface area contributed by atoms with Crippen molar-refractivity contribution in [2.24, 2.45) is 0 Å². The summed E-state index contributed by atoms with van der Waals surface area (Å²) in [5.74, 6) is 1.49. The predicted octanol–water partition coefficient (Wildman–Crippen LogP) is 4.83. The molecule has 0 unspecified atom stereocenters. The Kier molecular flexibility index (Phi) is 9.18. The molecule has 4 rings (SSSR count). The summed E-state index contributed by atoms with van der Waals surface area (Å²) < 4.78 is 29.8. The molecule has 2 heterocycles. The van der Waals surface area contributed by atoms with Gasteiger partial charge in [0.1, 0.15) is 10.4 Å². The molecule has 3 aromatic rings. The van der Waals surface area contributed by atoms with Gasteiger partial charge in [0, 0.05) is 50.4 Å². The Labute approximate surface area is 230 Å². The van der Waals surface area contributed by atoms with E-state index in [9.17, 15) is 13.2 Å². The standard InChI is InChI=1S/C28H38N4O4S2/c1-19(2)21-8-6-9-22(20(3)4)26(21)30-25(33)18-32-14-12-31(13-15-32)16-17-37-28-29-23-10-7-11-24(27(23)36-28)38(5,34)35/h6-11,19-20H,12-18H2,1-5H3,(H,30,33). The van der Waals surface area contributed by atoms with Gasteiger partial charge in [-0.15, -0.1) is 0 Å². The van der Waals surface area contributed by atoms with Gasteiger partial charge in [0.05, 0.1) is 6.54 Å². The Morgan fingerprint density at radius 1 is 1.00 bits per heavy atom. The lowest BCUT2D eigenvalue weighted by Crippen LogP contribution is -2.49. The summed E-state index contributed by atoms with van der Waals surface area (Å²) in [4.78, 5) is 22.2. The minimum absolute atomic E-state index is 0.0356. The molecular weight excluding hydrogens is 520 g/mol. The van der Waals surface area contributed by atoms with Crippen molar-refractivity contribution in [1.82, 2.24) is 14.8 Å². The van der Waals surface area contributed by atoms with Crippen LogP contribution in [-0.4, -0.2) is 80.4 Å². The molecule has 0 bridgehead atoms. The summed E-state index contributed by atoms with van der Waals surface area (Å²) in [5, 5.41) is 3.70. The largest absolute Gasteiger partial charge is 0.430 e. The van der Waals surface area contributed by atoms with E-state index in [-0.39, 0.29) is 10.8 Å². The van der Waals surface area contributed by atoms with Crippen molar-refractivity contribution in [3.63, 3.8) is 0 Å². The lowest BCUT2D eigenvalue weighted by Gasteiger charge is -2.34. The molecule has 8 nitrogen and oxygen atoms in total. The molecule has 0 saturated carbocycles. The van der Waals surface area contributed by atoms with Gasteiger partial charge in [-0.05, 0) is 35.1 Å². The summed E-state index contributed by atoms with van der Waals surface area (Å²) in [7, 11) is -3.38. The number of rotatable bonds is 10. The van der Waals surface area contributed by atoms with Crippen LogP contribution in [0.3, 0.4) is 0 Å². The van der Waals surface area contributed by atoms with Crippen molar-refractivity contribution in [1.29, 1.82) is 0 Å². The van der Waals surface area contributed by atoms with Crippen molar-refractivity contribution in [2.75, 3.05) is 56.6 Å². The minimum atomic E-state index is -3.38. The minimum Gasteiger partial charge on any atom is -0.430 e. The SMILES string of the molecule is CC(C)c1cccc(C(C)C)c1NC(=O)CN1CCN(CCSc2nc3cccc(S(C)(=O)=O)c3o2)CC1. The first-order valence-corrected chi connectivity index (χ1v) is 16.0. The summed E-state index contributed by atoms with van der Waals surface area (Å²) in [5.41, 5.74) is 4.21. The number of carbonyl (C=O) groups excluding carboxylic acids is 1. The van der Waals surface area contributed by atoms with E-state index in [1.165, 1.54) is 29.1 Å². The Morgan fingerprint density at radius 2 is 1.61 bits per heavy atom. The molecule has 1 saturated heterocycles. The molecule has 1 fully saturated rings. The van der Waals surface area contributed by atoms with Crippen molar-refractivity contribution in [3.8, 4) is 0 Å². The normalized spacial score (nSPS) is 15.6. The van der Waals surface area contributed by atoms with Crippen LogP contribution in [-0.2, 0) is 14.6 Å². The molecule has 0 radical (unpaired) electrons. The molecule has 1 aromatic heterocycles. The first-order chi connectivity index (χ1) is 18.0. The molecule has 2 aromatic carbocycles. The maximum atomic E-state index is 13.0. The molecule has 38 heavy (non-hydrogen) atoms. The van der Waals surface area contributed by atoms with Gasteiger partial charge < -0.3 is 9.73 Å². The third kappa shape index (κ3) is 6.97. The Balaban J connectivity index is 1.25. The van der Waals surface area contributed by atoms with Gasteiger partial charge in [-0.3, -0.25) is 14.6 Å². The first kappa shape index (κ1) is 28.6. The zero-order valence-electron chi connectivity index (χ0n) is 22.9. The molecule has 0 atom stereocenters. The Morgan fingerprint density at radius 3 is 2.21 bits per heavy atom. The van der Waals surface area contributed by atoms with Crippen LogP contribution >= 0.6 is 11.8 Å². The van der Waals surface area contributed by atoms with Crippen molar-refractivity contribution in [3.05, 3.63) is 47.5 Å². The van der Waals surface area contributed by atoms with Crippen LogP contribution in [0.2, 0.25) is 0 Å². The third-order valence-corrected chi connectivity index (χ3v) is 8.79. The lowest BCUT2D eigenvalue weighted by atomic mass is 9.92. The lowest BCUT2D eigenvalue weighted by molar-refractivity contribution is -0.117. The number of hydrogen-bond donors (Lipinski definition) is 1. The molecule has 1 aliphatic rings. The number of benzene rings is 2. The number of para-hydroxylation sites is 2. The number of anilines is 1. The summed E-state index contributed by atoms with van der Waals surface area (Å²) >= 11 is 1.49. The van der Waals surface area contributed by atoms with E-state index in [4.69, 9.17) is 4.42 Å². The smallest absolute Gasteiger partial charge is 0.256 e. The van der Waals surface area contributed by atoms with E-state index < -0.39 is 9.84 Å². The zero-order valence-corrected chi connectivity index (χ0v) is 24.5. The zero-order chi connectivity index (χ0) is 27.4. The summed E-state index contributed by atoms with van der Waals surface area (Å²) in [6, 6.07) is 11.3. The summed E-state index contributed by atoms with van der Waals surface area (Å²) in [6.07, 6.45) is 1.17. The fraction of sp³-hybridized carbons (Fsp3) is 0.500. The fourth-order valence-electron chi connectivity index (χ4n) is 4.77. The topological polar surface area (TPSA) is 95.8 Å². The number of carbonyl (C=O) groups is 1. The number of hydrogen-bond acceptors (Lipinski definition) is 8. The van der Waals surface area contributed by atoms with Gasteiger partial charge in [-0.25, -0.2) is 13.4 Å². The number of nitrogens with one attached hydrogen (secondary N) is 1. The number of fused-ring (bicyclic) bond motifs is 1. The maximum absolute atomic E-state index is 13.0. The van der Waals surface area contributed by atoms with Crippen molar-refractivity contribution < 1.29 is 17.6 Å². The van der Waals surface area contributed by atoms with Gasteiger partial charge in [-0.2, -0.15) is 0 Å². The monoisotopic (exact) mass is 558 g/mol. The average Bonchev–Trinajstić information content (AvgIpc) is 3.27. The quantitative estimate of drug-likeness (QED) is 0.354. The van der Waals surface area contributed by atoms with Crippen LogP contribution in [0.15, 0.2) is 50.9 Å². The van der Waals surface area contributed by atoms with Crippen LogP contribution < -0.4 is 5.32 Å². The molecule has 206 valence electrons. The van der Waals surface area contributed by atoms with Gasteiger partial charge in [0.25, 0.3) is 5.22 Å². The van der Waals surface area contributed by atoms with Crippen molar-refractivity contribution in [2.45, 2.75) is 49.6 Å². The number of nitrogens with zero attached hydrogens (tertiary/aromatic N) is 3. The van der Waals surface area contributed by atoms with Crippen LogP contribution in [0, 0.1) is 0 Å². The van der Waals surface area contributed by atoms with E-state index in [1.807, 2.05) is 0 Å². The van der Waals surface area contributed by atoms with E-state index >= 15 is 0 Å². The van der Waals surface area contributed by atoms with Gasteiger partial charge in [0.15, 0.2) is 15.4 Å². The van der Waals surface area contributed by atoms with Crippen LogP contribution in [0.1, 0.15) is 50.7 Å². The number of amides is 1. The van der Waals surface area contributed by atoms with Crippen LogP contribution in [0.5, 0.6) is 0 Å². The molecule has 1 aliphatic heterocycles. The molecule has 0 spiro atoms. The van der Waals surface area contributed by atoms with Crippen molar-refractivity contribution >= 4 is 44.3 Å². The second kappa shape index (κ2) is 12.2. The second-order valence-corrected chi connectivity index (χ2v) is 13.5. The number of aromatic nitrogens is 1. The van der Waals surface area contributed by atoms with Gasteiger partial charge in [-0.1, -0.05) is 63.7 Å². The average molecular weight is 559 g/mol. The Bertz CT molecular complexity index is 1350. The first-order valence-electron chi connectivity index (χ1n) is 13.1. The molecular formula is C28H38N4O4S2. The highest BCUT2D eigenvalue weighted by Gasteiger charge is 2.22. The van der Waals surface area contributed by atoms with E-state index in [2.05, 4.69) is 66.0 Å². The van der Waals surface area contributed by atoms with Crippen LogP contribution in [0.25, 0.3) is 11.1 Å². The molecule has 0 aliphatic carbocycles. The summed E-state index contributed by atoms with van der Waals surface area (Å²) in [6.45, 7) is 13.3. The highest BCUT2D eigenvalue weighted by molar-refractivity contribution is 7.99. The van der Waals surface area contributed by atoms with Gasteiger partial charge >= 0.3 is 0 Å². The predicted molar refractivity (Wildman–Crippen MR) is 154 cm³/mol. The molecule has 1 N–H and O–H groups in total. The number of oxazole rings is 1. The van der Waals surface area contributed by atoms with Gasteiger partial charge in [0.2, 0.25) is 5.91 Å². The highest BCUT2D eigenvalue weighted by Crippen LogP contribution is 2.32. The molecule has 1 amide bonds. The number of thioether (sulfide) groups is 1. The highest BCUT2D eigenvalue weighted by atomic mass is 32.2. The Hall–Kier alpha value is -2.40.